The zero-order valence-electron chi connectivity index (χ0n) is 20.4. The smallest absolute Gasteiger partial charge is 0.251 e. The van der Waals surface area contributed by atoms with E-state index < -0.39 is 11.4 Å². The van der Waals surface area contributed by atoms with Crippen molar-refractivity contribution in [2.75, 3.05) is 11.9 Å². The lowest BCUT2D eigenvalue weighted by Crippen LogP contribution is -2.29. The molecule has 8 nitrogen and oxygen atoms in total. The molecule has 0 bridgehead atoms. The molecule has 1 aliphatic carbocycles. The van der Waals surface area contributed by atoms with Crippen molar-refractivity contribution in [1.82, 2.24) is 19.9 Å². The van der Waals surface area contributed by atoms with Gasteiger partial charge in [-0.15, -0.1) is 5.10 Å². The maximum absolute atomic E-state index is 14.3. The number of rotatable bonds is 8. The van der Waals surface area contributed by atoms with Gasteiger partial charge in [0, 0.05) is 29.8 Å². The zero-order valence-corrected chi connectivity index (χ0v) is 20.4. The largest absolute Gasteiger partial charge is 0.434 e. The average Bonchev–Trinajstić information content (AvgIpc) is 3.53. The fourth-order valence-corrected chi connectivity index (χ4v) is 3.84. The van der Waals surface area contributed by atoms with E-state index in [-0.39, 0.29) is 30.1 Å². The number of para-hydroxylation sites is 1. The number of carbonyl (C=O) groups is 1. The molecule has 1 aliphatic rings. The molecular weight excluding hydrogens is 461 g/mol. The third-order valence-corrected chi connectivity index (χ3v) is 5.89. The zero-order chi connectivity index (χ0) is 25.4. The van der Waals surface area contributed by atoms with E-state index >= 15 is 0 Å². The number of aliphatic hydroxyl groups is 1. The van der Waals surface area contributed by atoms with Crippen LogP contribution in [0.25, 0.3) is 16.9 Å². The molecule has 9 heteroatoms. The lowest BCUT2D eigenvalue weighted by molar-refractivity contribution is 0.0940. The van der Waals surface area contributed by atoms with E-state index in [1.807, 2.05) is 19.1 Å². The van der Waals surface area contributed by atoms with Crippen molar-refractivity contribution in [3.63, 3.8) is 0 Å². The Hall–Kier alpha value is -3.98. The first-order valence-electron chi connectivity index (χ1n) is 11.9. The predicted molar refractivity (Wildman–Crippen MR) is 135 cm³/mol. The predicted octanol–water partition coefficient (Wildman–Crippen LogP) is 4.71. The van der Waals surface area contributed by atoms with E-state index in [1.165, 1.54) is 12.1 Å². The van der Waals surface area contributed by atoms with Gasteiger partial charge in [-0.3, -0.25) is 4.79 Å². The molecule has 0 spiro atoms. The second-order valence-electron chi connectivity index (χ2n) is 9.75. The van der Waals surface area contributed by atoms with Gasteiger partial charge in [0.2, 0.25) is 5.88 Å². The molecule has 2 heterocycles. The maximum Gasteiger partial charge on any atom is 0.251 e. The molecule has 3 N–H and O–H groups in total. The fraction of sp³-hybridized carbons (Fsp3) is 0.296. The number of nitrogens with one attached hydrogen (secondary N) is 2. The number of aromatic nitrogens is 3. The quantitative estimate of drug-likeness (QED) is 0.331. The van der Waals surface area contributed by atoms with Crippen LogP contribution < -0.4 is 15.4 Å². The normalized spacial score (nSPS) is 13.6. The van der Waals surface area contributed by atoms with Crippen LogP contribution in [0.5, 0.6) is 11.6 Å². The van der Waals surface area contributed by atoms with Gasteiger partial charge >= 0.3 is 0 Å². The summed E-state index contributed by atoms with van der Waals surface area (Å²) >= 11 is 0. The van der Waals surface area contributed by atoms with E-state index in [0.717, 1.165) is 24.0 Å². The number of aryl methyl sites for hydroxylation is 1. The molecule has 0 saturated heterocycles. The SMILES string of the molecule is Cc1cc(-c2cnc3c(NCC(C)(C)O)cc(Oc4ccccc4F)nn23)ccc1C(=O)NC1CC1. The van der Waals surface area contributed by atoms with Crippen LogP contribution in [0, 0.1) is 12.7 Å². The monoisotopic (exact) mass is 489 g/mol. The maximum atomic E-state index is 14.3. The summed E-state index contributed by atoms with van der Waals surface area (Å²) in [5.41, 5.74) is 3.06. The number of ether oxygens (including phenoxy) is 1. The lowest BCUT2D eigenvalue weighted by Gasteiger charge is -2.19. The van der Waals surface area contributed by atoms with Crippen LogP contribution in [0.1, 0.15) is 42.6 Å². The summed E-state index contributed by atoms with van der Waals surface area (Å²) in [7, 11) is 0. The van der Waals surface area contributed by atoms with Gasteiger partial charge in [0.25, 0.3) is 5.91 Å². The van der Waals surface area contributed by atoms with Crippen LogP contribution in [0.2, 0.25) is 0 Å². The standard InChI is InChI=1S/C27H28FN5O3/c1-16-12-17(8-11-19(16)26(34)31-18-9-10-18)22-14-29-25-21(30-15-27(2,3)35)13-24(32-33(22)25)36-23-7-5-4-6-20(23)28/h4-8,11-14,18,30,35H,9-10,15H2,1-3H3,(H,31,34). The van der Waals surface area contributed by atoms with Gasteiger partial charge in [-0.05, 0) is 63.4 Å². The highest BCUT2D eigenvalue weighted by Gasteiger charge is 2.25. The number of anilines is 1. The molecule has 0 radical (unpaired) electrons. The first kappa shape index (κ1) is 23.7. The van der Waals surface area contributed by atoms with Crippen molar-refractivity contribution < 1.29 is 19.0 Å². The number of amides is 1. The molecule has 1 saturated carbocycles. The summed E-state index contributed by atoms with van der Waals surface area (Å²) in [6.07, 6.45) is 3.73. The van der Waals surface area contributed by atoms with Crippen LogP contribution in [-0.4, -0.2) is 43.8 Å². The number of halogens is 1. The number of hydrogen-bond donors (Lipinski definition) is 3. The molecular formula is C27H28FN5O3. The molecule has 36 heavy (non-hydrogen) atoms. The molecule has 186 valence electrons. The molecule has 2 aromatic carbocycles. The Morgan fingerprint density at radius 2 is 2.00 bits per heavy atom. The molecule has 4 aromatic rings. The van der Waals surface area contributed by atoms with Gasteiger partial charge in [-0.25, -0.2) is 13.9 Å². The minimum atomic E-state index is -0.976. The van der Waals surface area contributed by atoms with Crippen LogP contribution in [0.3, 0.4) is 0 Å². The second kappa shape index (κ2) is 9.23. The van der Waals surface area contributed by atoms with E-state index in [4.69, 9.17) is 4.74 Å². The van der Waals surface area contributed by atoms with Gasteiger partial charge in [0.05, 0.1) is 23.2 Å². The average molecular weight is 490 g/mol. The Labute approximate surface area is 208 Å². The fourth-order valence-electron chi connectivity index (χ4n) is 3.84. The van der Waals surface area contributed by atoms with E-state index in [0.29, 0.717) is 22.6 Å². The Balaban J connectivity index is 1.54. The number of hydrogen-bond acceptors (Lipinski definition) is 6. The van der Waals surface area contributed by atoms with Crippen LogP contribution in [-0.2, 0) is 0 Å². The van der Waals surface area contributed by atoms with E-state index in [1.54, 1.807) is 48.8 Å². The van der Waals surface area contributed by atoms with E-state index in [9.17, 15) is 14.3 Å². The molecule has 0 unspecified atom stereocenters. The Kier molecular flexibility index (Phi) is 6.09. The van der Waals surface area contributed by atoms with Crippen molar-refractivity contribution >= 4 is 17.2 Å². The Morgan fingerprint density at radius 3 is 2.69 bits per heavy atom. The summed E-state index contributed by atoms with van der Waals surface area (Å²) < 4.78 is 21.6. The highest BCUT2D eigenvalue weighted by atomic mass is 19.1. The van der Waals surface area contributed by atoms with Crippen LogP contribution >= 0.6 is 0 Å². The number of nitrogens with zero attached hydrogens (tertiary/aromatic N) is 3. The van der Waals surface area contributed by atoms with Crippen LogP contribution in [0.4, 0.5) is 10.1 Å². The summed E-state index contributed by atoms with van der Waals surface area (Å²) in [5, 5.41) is 21.0. The minimum Gasteiger partial charge on any atom is -0.434 e. The highest BCUT2D eigenvalue weighted by molar-refractivity contribution is 5.96. The number of fused-ring (bicyclic) bond motifs is 1. The second-order valence-corrected chi connectivity index (χ2v) is 9.75. The van der Waals surface area contributed by atoms with Gasteiger partial charge < -0.3 is 20.5 Å². The molecule has 0 aliphatic heterocycles. The molecule has 0 atom stereocenters. The summed E-state index contributed by atoms with van der Waals surface area (Å²) in [6, 6.07) is 13.6. The molecule has 1 fully saturated rings. The minimum absolute atomic E-state index is 0.0429. The van der Waals surface area contributed by atoms with Crippen molar-refractivity contribution in [1.29, 1.82) is 0 Å². The van der Waals surface area contributed by atoms with E-state index in [2.05, 4.69) is 20.7 Å². The third kappa shape index (κ3) is 5.16. The topological polar surface area (TPSA) is 101 Å². The summed E-state index contributed by atoms with van der Waals surface area (Å²) in [5.74, 6) is -0.382. The van der Waals surface area contributed by atoms with Crippen molar-refractivity contribution in [3.05, 3.63) is 71.7 Å². The number of imidazole rings is 1. The Bertz CT molecular complexity index is 1440. The first-order valence-corrected chi connectivity index (χ1v) is 11.9. The van der Waals surface area contributed by atoms with Gasteiger partial charge in [0.1, 0.15) is 0 Å². The third-order valence-electron chi connectivity index (χ3n) is 5.89. The summed E-state index contributed by atoms with van der Waals surface area (Å²) in [6.45, 7) is 5.52. The molecule has 5 rings (SSSR count). The van der Waals surface area contributed by atoms with Crippen molar-refractivity contribution in [3.8, 4) is 22.9 Å². The summed E-state index contributed by atoms with van der Waals surface area (Å²) in [4.78, 5) is 17.1. The molecule has 2 aromatic heterocycles. The number of carbonyl (C=O) groups excluding carboxylic acids is 1. The van der Waals surface area contributed by atoms with Gasteiger partial charge in [0.15, 0.2) is 17.2 Å². The Morgan fingerprint density at radius 1 is 1.22 bits per heavy atom. The van der Waals surface area contributed by atoms with Crippen LogP contribution in [0.15, 0.2) is 54.7 Å². The highest BCUT2D eigenvalue weighted by Crippen LogP contribution is 2.31. The van der Waals surface area contributed by atoms with Crippen molar-refractivity contribution in [2.45, 2.75) is 45.3 Å². The van der Waals surface area contributed by atoms with Gasteiger partial charge in [-0.2, -0.15) is 0 Å². The van der Waals surface area contributed by atoms with Crippen molar-refractivity contribution in [2.24, 2.45) is 0 Å². The first-order chi connectivity index (χ1) is 17.2. The van der Waals surface area contributed by atoms with Gasteiger partial charge in [-0.1, -0.05) is 18.2 Å². The molecule has 1 amide bonds. The lowest BCUT2D eigenvalue weighted by atomic mass is 10.0. The number of benzene rings is 2.